The maximum Gasteiger partial charge on any atom is 0.0500 e. The molecule has 2 heteroatoms. The molecule has 1 saturated heterocycles. The molecule has 1 rings (SSSR count). The van der Waals surface area contributed by atoms with E-state index in [-0.39, 0.29) is 0 Å². The molecule has 1 unspecified atom stereocenters. The predicted octanol–water partition coefficient (Wildman–Crippen LogP) is 2.26. The van der Waals surface area contributed by atoms with Gasteiger partial charge in [0.05, 0.1) is 4.58 Å². The van der Waals surface area contributed by atoms with E-state index in [0.717, 1.165) is 11.8 Å². The van der Waals surface area contributed by atoms with Crippen molar-refractivity contribution in [3.05, 3.63) is 0 Å². The summed E-state index contributed by atoms with van der Waals surface area (Å²) in [4.78, 5) is 0. The zero-order valence-corrected chi connectivity index (χ0v) is 7.01. The average molecular weight is 148 g/mol. The van der Waals surface area contributed by atoms with Gasteiger partial charge < -0.3 is 0 Å². The molecule has 1 aliphatic rings. The minimum atomic E-state index is 0.602. The van der Waals surface area contributed by atoms with Crippen LogP contribution >= 0.6 is 24.4 Å². The molecule has 0 radical (unpaired) electrons. The quantitative estimate of drug-likeness (QED) is 0.514. The van der Waals surface area contributed by atoms with E-state index in [9.17, 15) is 0 Å². The molecule has 1 fully saturated rings. The van der Waals surface area contributed by atoms with Crippen molar-refractivity contribution < 1.29 is 0 Å². The molecule has 0 aromatic heterocycles. The Morgan fingerprint density at radius 1 is 1.50 bits per heavy atom. The fourth-order valence-corrected chi connectivity index (χ4v) is 2.76. The summed E-state index contributed by atoms with van der Waals surface area (Å²) < 4.78 is 0.602. The first-order valence-electron chi connectivity index (χ1n) is 3.01. The standard InChI is InChI=1S/C6H12S2/c1-4-3-8-6(7)5(4)2/h4-7H,3H2,1-2H3/t4-,5-,6?/m1/s1. The Morgan fingerprint density at radius 3 is 2.25 bits per heavy atom. The van der Waals surface area contributed by atoms with Crippen LogP contribution in [0, 0.1) is 11.8 Å². The van der Waals surface area contributed by atoms with E-state index in [1.54, 1.807) is 0 Å². The largest absolute Gasteiger partial charge is 0.165 e. The minimum absolute atomic E-state index is 0.602. The summed E-state index contributed by atoms with van der Waals surface area (Å²) >= 11 is 6.39. The van der Waals surface area contributed by atoms with Crippen LogP contribution in [0.3, 0.4) is 0 Å². The highest BCUT2D eigenvalue weighted by atomic mass is 32.2. The first kappa shape index (κ1) is 6.81. The van der Waals surface area contributed by atoms with E-state index >= 15 is 0 Å². The molecular weight excluding hydrogens is 136 g/mol. The van der Waals surface area contributed by atoms with Crippen LogP contribution in [0.4, 0.5) is 0 Å². The molecule has 0 nitrogen and oxygen atoms in total. The zero-order chi connectivity index (χ0) is 6.15. The monoisotopic (exact) mass is 148 g/mol. The third-order valence-electron chi connectivity index (χ3n) is 1.88. The molecule has 8 heavy (non-hydrogen) atoms. The lowest BCUT2D eigenvalue weighted by Crippen LogP contribution is -2.07. The van der Waals surface area contributed by atoms with Crippen molar-refractivity contribution in [2.75, 3.05) is 5.75 Å². The Labute approximate surface area is 60.8 Å². The van der Waals surface area contributed by atoms with Gasteiger partial charge in [0.1, 0.15) is 0 Å². The van der Waals surface area contributed by atoms with Gasteiger partial charge in [0, 0.05) is 0 Å². The lowest BCUT2D eigenvalue weighted by Gasteiger charge is -2.09. The number of rotatable bonds is 0. The van der Waals surface area contributed by atoms with Crippen LogP contribution < -0.4 is 0 Å². The van der Waals surface area contributed by atoms with Crippen LogP contribution in [0.25, 0.3) is 0 Å². The van der Waals surface area contributed by atoms with Crippen LogP contribution in [0.1, 0.15) is 13.8 Å². The minimum Gasteiger partial charge on any atom is -0.165 e. The molecule has 48 valence electrons. The molecule has 3 atom stereocenters. The van der Waals surface area contributed by atoms with Crippen molar-refractivity contribution >= 4 is 24.4 Å². The van der Waals surface area contributed by atoms with Gasteiger partial charge in [-0.15, -0.1) is 11.8 Å². The Hall–Kier alpha value is 0.700. The highest BCUT2D eigenvalue weighted by Gasteiger charge is 2.27. The van der Waals surface area contributed by atoms with E-state index in [1.165, 1.54) is 5.75 Å². The van der Waals surface area contributed by atoms with Gasteiger partial charge in [0.15, 0.2) is 0 Å². The Morgan fingerprint density at radius 2 is 2.12 bits per heavy atom. The van der Waals surface area contributed by atoms with Gasteiger partial charge in [-0.1, -0.05) is 13.8 Å². The van der Waals surface area contributed by atoms with E-state index < -0.39 is 0 Å². The first-order chi connectivity index (χ1) is 3.72. The third-order valence-corrected chi connectivity index (χ3v) is 4.28. The highest BCUT2D eigenvalue weighted by molar-refractivity contribution is 8.10. The van der Waals surface area contributed by atoms with Crippen molar-refractivity contribution in [2.24, 2.45) is 11.8 Å². The number of thioether (sulfide) groups is 1. The number of hydrogen-bond acceptors (Lipinski definition) is 2. The van der Waals surface area contributed by atoms with E-state index in [4.69, 9.17) is 0 Å². The summed E-state index contributed by atoms with van der Waals surface area (Å²) in [7, 11) is 0. The van der Waals surface area contributed by atoms with Gasteiger partial charge in [0.25, 0.3) is 0 Å². The molecule has 1 heterocycles. The summed E-state index contributed by atoms with van der Waals surface area (Å²) in [5, 5.41) is 0. The molecule has 0 aliphatic carbocycles. The first-order valence-corrected chi connectivity index (χ1v) is 4.58. The summed E-state index contributed by atoms with van der Waals surface area (Å²) in [6, 6.07) is 0. The van der Waals surface area contributed by atoms with Crippen LogP contribution in [-0.4, -0.2) is 10.3 Å². The SMILES string of the molecule is C[C@@H]1CSC(S)[C@@H]1C. The van der Waals surface area contributed by atoms with Crippen molar-refractivity contribution in [1.29, 1.82) is 0 Å². The van der Waals surface area contributed by atoms with Crippen LogP contribution in [0.2, 0.25) is 0 Å². The zero-order valence-electron chi connectivity index (χ0n) is 5.29. The Kier molecular flexibility index (Phi) is 2.15. The van der Waals surface area contributed by atoms with Gasteiger partial charge in [-0.25, -0.2) is 0 Å². The van der Waals surface area contributed by atoms with Crippen molar-refractivity contribution in [1.82, 2.24) is 0 Å². The maximum absolute atomic E-state index is 4.41. The molecule has 0 aromatic carbocycles. The van der Waals surface area contributed by atoms with Crippen molar-refractivity contribution in [2.45, 2.75) is 18.4 Å². The lowest BCUT2D eigenvalue weighted by atomic mass is 10.0. The van der Waals surface area contributed by atoms with Crippen LogP contribution in [-0.2, 0) is 0 Å². The molecule has 0 N–H and O–H groups in total. The summed E-state index contributed by atoms with van der Waals surface area (Å²) in [5.41, 5.74) is 0. The number of thiol groups is 1. The average Bonchev–Trinajstić information content (AvgIpc) is 1.98. The highest BCUT2D eigenvalue weighted by Crippen LogP contribution is 2.38. The van der Waals surface area contributed by atoms with Gasteiger partial charge in [-0.2, -0.15) is 12.6 Å². The van der Waals surface area contributed by atoms with Gasteiger partial charge >= 0.3 is 0 Å². The summed E-state index contributed by atoms with van der Waals surface area (Å²) in [6.45, 7) is 4.58. The Bertz CT molecular complexity index is 72.6. The second-order valence-corrected chi connectivity index (χ2v) is 4.64. The normalized spacial score (nSPS) is 47.6. The summed E-state index contributed by atoms with van der Waals surface area (Å²) in [5.74, 6) is 2.99. The van der Waals surface area contributed by atoms with Crippen molar-refractivity contribution in [3.8, 4) is 0 Å². The van der Waals surface area contributed by atoms with Gasteiger partial charge in [-0.05, 0) is 17.6 Å². The molecule has 0 aromatic rings. The van der Waals surface area contributed by atoms with E-state index in [0.29, 0.717) is 4.58 Å². The second kappa shape index (κ2) is 2.53. The van der Waals surface area contributed by atoms with E-state index in [1.807, 2.05) is 11.8 Å². The molecule has 0 spiro atoms. The Balaban J connectivity index is 2.44. The van der Waals surface area contributed by atoms with Crippen molar-refractivity contribution in [3.63, 3.8) is 0 Å². The molecule has 0 saturated carbocycles. The topological polar surface area (TPSA) is 0 Å². The maximum atomic E-state index is 4.41. The van der Waals surface area contributed by atoms with Crippen LogP contribution in [0.5, 0.6) is 0 Å². The van der Waals surface area contributed by atoms with Gasteiger partial charge in [-0.3, -0.25) is 0 Å². The molecule has 1 aliphatic heterocycles. The van der Waals surface area contributed by atoms with Gasteiger partial charge in [0.2, 0.25) is 0 Å². The predicted molar refractivity (Wildman–Crippen MR) is 43.6 cm³/mol. The smallest absolute Gasteiger partial charge is 0.0500 e. The summed E-state index contributed by atoms with van der Waals surface area (Å²) in [6.07, 6.45) is 0. The molecular formula is C6H12S2. The van der Waals surface area contributed by atoms with Crippen LogP contribution in [0.15, 0.2) is 0 Å². The lowest BCUT2D eigenvalue weighted by molar-refractivity contribution is 0.482. The molecule has 0 bridgehead atoms. The number of hydrogen-bond donors (Lipinski definition) is 1. The fourth-order valence-electron chi connectivity index (χ4n) is 0.835. The third kappa shape index (κ3) is 1.16. The second-order valence-electron chi connectivity index (χ2n) is 2.56. The fraction of sp³-hybridized carbons (Fsp3) is 1.00. The van der Waals surface area contributed by atoms with E-state index in [2.05, 4.69) is 26.5 Å². The molecule has 0 amide bonds.